The summed E-state index contributed by atoms with van der Waals surface area (Å²) in [6.07, 6.45) is 1.61. The molecule has 0 bridgehead atoms. The molecule has 0 aliphatic rings. The summed E-state index contributed by atoms with van der Waals surface area (Å²) >= 11 is 3.39. The van der Waals surface area contributed by atoms with Gasteiger partial charge in [0.15, 0.2) is 0 Å². The summed E-state index contributed by atoms with van der Waals surface area (Å²) in [5.74, 6) is 1.36. The molecule has 1 aromatic heterocycles. The van der Waals surface area contributed by atoms with Gasteiger partial charge in [0.2, 0.25) is 0 Å². The Labute approximate surface area is 342 Å². The number of nitriles is 4. The predicted octanol–water partition coefficient (Wildman–Crippen LogP) is 14.0. The fourth-order valence-electron chi connectivity index (χ4n) is 4.65. The van der Waals surface area contributed by atoms with Gasteiger partial charge in [0, 0.05) is 16.4 Å². The van der Waals surface area contributed by atoms with Gasteiger partial charge in [0.05, 0.1) is 34.4 Å². The van der Waals surface area contributed by atoms with Crippen LogP contribution in [0.15, 0.2) is 108 Å². The first-order valence-corrected chi connectivity index (χ1v) is 19.3. The van der Waals surface area contributed by atoms with E-state index in [0.29, 0.717) is 40.4 Å². The van der Waals surface area contributed by atoms with Crippen LogP contribution in [0.2, 0.25) is 0 Å². The summed E-state index contributed by atoms with van der Waals surface area (Å²) < 4.78 is 27.3. The van der Waals surface area contributed by atoms with Gasteiger partial charge in [0.1, 0.15) is 23.8 Å². The Bertz CT molecular complexity index is 2030. The average molecular weight is 817 g/mol. The van der Waals surface area contributed by atoms with E-state index in [0.717, 1.165) is 21.3 Å². The highest BCUT2D eigenvalue weighted by molar-refractivity contribution is 9.10. The fourth-order valence-corrected chi connectivity index (χ4v) is 4.91. The number of halogens is 3. The zero-order valence-electron chi connectivity index (χ0n) is 34.1. The van der Waals surface area contributed by atoms with Crippen molar-refractivity contribution in [3.05, 3.63) is 170 Å². The second-order valence-electron chi connectivity index (χ2n) is 14.3. The summed E-state index contributed by atoms with van der Waals surface area (Å²) in [5, 5.41) is 33.9. The minimum absolute atomic E-state index is 0.111. The van der Waals surface area contributed by atoms with Gasteiger partial charge in [-0.15, -0.1) is 0 Å². The van der Waals surface area contributed by atoms with Crippen molar-refractivity contribution in [1.82, 2.24) is 4.98 Å². The van der Waals surface area contributed by atoms with E-state index in [2.05, 4.69) is 92.8 Å². The summed E-state index contributed by atoms with van der Waals surface area (Å²) in [6.45, 7) is 20.6. The summed E-state index contributed by atoms with van der Waals surface area (Å²) in [7, 11) is 0. The van der Waals surface area contributed by atoms with Crippen molar-refractivity contribution in [2.24, 2.45) is 0 Å². The van der Waals surface area contributed by atoms with Gasteiger partial charge in [-0.05, 0) is 113 Å². The Kier molecular flexibility index (Phi) is 21.9. The van der Waals surface area contributed by atoms with Crippen molar-refractivity contribution in [3.8, 4) is 24.3 Å². The number of rotatable bonds is 5. The lowest BCUT2D eigenvalue weighted by Gasteiger charge is -2.05. The SMILES string of the molecule is CC(C)c1ccc(Br)cc1.CC(C)c1ccc(C#N)c(F)c1.CC(C)c1ccc(C#N)cc1.CC(C)c1ccc(C#N)cc1F.CC(C)c1ccc(C#N)cn1. The lowest BCUT2D eigenvalue weighted by molar-refractivity contribution is 0.598. The van der Waals surface area contributed by atoms with E-state index in [1.807, 2.05) is 70.2 Å². The van der Waals surface area contributed by atoms with Crippen molar-refractivity contribution < 1.29 is 8.78 Å². The first-order valence-electron chi connectivity index (χ1n) is 18.5. The standard InChI is InChI=1S/2C10H10FN.C10H11N.C9H11Br.C9H10N2/c1-7(2)8-3-4-9(6-12)10(11)5-8;1-7(2)9-4-3-8(6-12)5-10(9)11;1-8(2)10-5-3-9(7-11)4-6-10;1-7(2)8-3-5-9(10)6-4-8;1-7(2)9-4-3-8(5-10)6-11-9/h2*3-5,7H,1-2H3;3-6,8H,1-2H3;3-7H,1-2H3;3-4,6-7H,1-2H3. The van der Waals surface area contributed by atoms with Gasteiger partial charge in [0.25, 0.3) is 0 Å². The molecular formula is C48H52BrF2N5. The van der Waals surface area contributed by atoms with Crippen molar-refractivity contribution in [2.75, 3.05) is 0 Å². The van der Waals surface area contributed by atoms with E-state index in [4.69, 9.17) is 21.0 Å². The van der Waals surface area contributed by atoms with Gasteiger partial charge < -0.3 is 0 Å². The Balaban J connectivity index is 0.000000350. The molecule has 290 valence electrons. The maximum Gasteiger partial charge on any atom is 0.141 e. The first kappa shape index (κ1) is 48.3. The predicted molar refractivity (Wildman–Crippen MR) is 227 cm³/mol. The minimum Gasteiger partial charge on any atom is -0.260 e. The monoisotopic (exact) mass is 815 g/mol. The fraction of sp³-hybridized carbons (Fsp3) is 0.312. The van der Waals surface area contributed by atoms with E-state index in [1.165, 1.54) is 29.3 Å². The molecule has 0 aliphatic carbocycles. The number of benzene rings is 4. The highest BCUT2D eigenvalue weighted by Gasteiger charge is 2.07. The van der Waals surface area contributed by atoms with Gasteiger partial charge in [-0.25, -0.2) is 8.78 Å². The summed E-state index contributed by atoms with van der Waals surface area (Å²) in [4.78, 5) is 4.13. The van der Waals surface area contributed by atoms with Crippen molar-refractivity contribution >= 4 is 15.9 Å². The van der Waals surface area contributed by atoms with Crippen LogP contribution in [0.25, 0.3) is 0 Å². The van der Waals surface area contributed by atoms with Crippen molar-refractivity contribution in [3.63, 3.8) is 0 Å². The van der Waals surface area contributed by atoms with Crippen LogP contribution < -0.4 is 0 Å². The Morgan fingerprint density at radius 2 is 0.929 bits per heavy atom. The molecule has 0 unspecified atom stereocenters. The van der Waals surface area contributed by atoms with E-state index in [-0.39, 0.29) is 17.3 Å². The van der Waals surface area contributed by atoms with Crippen LogP contribution in [0.3, 0.4) is 0 Å². The molecule has 56 heavy (non-hydrogen) atoms. The first-order chi connectivity index (χ1) is 26.5. The van der Waals surface area contributed by atoms with E-state index in [1.54, 1.807) is 36.5 Å². The highest BCUT2D eigenvalue weighted by Crippen LogP contribution is 2.20. The number of nitrogens with zero attached hydrogens (tertiary/aromatic N) is 5. The van der Waals surface area contributed by atoms with Crippen LogP contribution in [0.5, 0.6) is 0 Å². The largest absolute Gasteiger partial charge is 0.260 e. The molecule has 0 amide bonds. The summed E-state index contributed by atoms with van der Waals surface area (Å²) in [6, 6.07) is 37.0. The Morgan fingerprint density at radius 3 is 1.30 bits per heavy atom. The van der Waals surface area contributed by atoms with Crippen LogP contribution in [0.1, 0.15) is 149 Å². The number of hydrogen-bond acceptors (Lipinski definition) is 5. The third kappa shape index (κ3) is 17.6. The second-order valence-corrected chi connectivity index (χ2v) is 15.3. The van der Waals surface area contributed by atoms with Crippen LogP contribution in [0, 0.1) is 57.0 Å². The minimum atomic E-state index is -0.427. The molecular weight excluding hydrogens is 764 g/mol. The quantitative estimate of drug-likeness (QED) is 0.175. The molecule has 0 spiro atoms. The van der Waals surface area contributed by atoms with E-state index < -0.39 is 5.82 Å². The highest BCUT2D eigenvalue weighted by atomic mass is 79.9. The third-order valence-electron chi connectivity index (χ3n) is 8.28. The molecule has 0 radical (unpaired) electrons. The van der Waals surface area contributed by atoms with Crippen LogP contribution in [-0.4, -0.2) is 4.98 Å². The van der Waals surface area contributed by atoms with Gasteiger partial charge in [-0.3, -0.25) is 4.98 Å². The smallest absolute Gasteiger partial charge is 0.141 e. The topological polar surface area (TPSA) is 108 Å². The maximum atomic E-state index is 13.1. The molecule has 1 heterocycles. The van der Waals surface area contributed by atoms with Gasteiger partial charge in [-0.2, -0.15) is 21.0 Å². The average Bonchev–Trinajstić information content (AvgIpc) is 3.18. The molecule has 4 aromatic carbocycles. The molecule has 0 saturated heterocycles. The molecule has 0 saturated carbocycles. The molecule has 0 atom stereocenters. The van der Waals surface area contributed by atoms with Gasteiger partial charge in [-0.1, -0.05) is 122 Å². The number of pyridine rings is 1. The van der Waals surface area contributed by atoms with Gasteiger partial charge >= 0.3 is 0 Å². The second kappa shape index (κ2) is 25.4. The molecule has 0 fully saturated rings. The zero-order chi connectivity index (χ0) is 42.4. The summed E-state index contributed by atoms with van der Waals surface area (Å²) in [5.41, 5.74) is 7.12. The lowest BCUT2D eigenvalue weighted by Crippen LogP contribution is -1.92. The molecule has 8 heteroatoms. The molecule has 5 nitrogen and oxygen atoms in total. The molecule has 5 rings (SSSR count). The van der Waals surface area contributed by atoms with Crippen LogP contribution in [0.4, 0.5) is 8.78 Å². The van der Waals surface area contributed by atoms with Crippen molar-refractivity contribution in [1.29, 1.82) is 21.0 Å². The molecule has 5 aromatic rings. The lowest BCUT2D eigenvalue weighted by atomic mass is 10.0. The van der Waals surface area contributed by atoms with Crippen molar-refractivity contribution in [2.45, 2.75) is 98.8 Å². The Hall–Kier alpha value is -5.67. The van der Waals surface area contributed by atoms with Crippen LogP contribution >= 0.6 is 15.9 Å². The maximum absolute atomic E-state index is 13.1. The molecule has 0 aliphatic heterocycles. The number of aromatic nitrogens is 1. The van der Waals surface area contributed by atoms with E-state index in [9.17, 15) is 8.78 Å². The van der Waals surface area contributed by atoms with E-state index >= 15 is 0 Å². The Morgan fingerprint density at radius 1 is 0.464 bits per heavy atom. The molecule has 0 N–H and O–H groups in total. The number of hydrogen-bond donors (Lipinski definition) is 0. The zero-order valence-corrected chi connectivity index (χ0v) is 35.7. The van der Waals surface area contributed by atoms with Crippen LogP contribution in [-0.2, 0) is 0 Å². The normalized spacial score (nSPS) is 9.89. The third-order valence-corrected chi connectivity index (χ3v) is 8.81.